The van der Waals surface area contributed by atoms with Crippen LogP contribution < -0.4 is 0 Å². The second-order valence-electron chi connectivity index (χ2n) is 4.83. The topological polar surface area (TPSA) is 61.2 Å². The van der Waals surface area contributed by atoms with Crippen molar-refractivity contribution in [1.29, 1.82) is 5.41 Å². The van der Waals surface area contributed by atoms with Gasteiger partial charge in [-0.2, -0.15) is 0 Å². The molecule has 2 aliphatic rings. The fraction of sp³-hybridized carbons (Fsp3) is 0.308. The summed E-state index contributed by atoms with van der Waals surface area (Å²) >= 11 is 1.67. The summed E-state index contributed by atoms with van der Waals surface area (Å²) < 4.78 is 23.3. The van der Waals surface area contributed by atoms with E-state index in [1.54, 1.807) is 23.9 Å². The minimum Gasteiger partial charge on any atom is -0.356 e. The third-order valence-electron chi connectivity index (χ3n) is 3.52. The maximum Gasteiger partial charge on any atom is 0.175 e. The first kappa shape index (κ1) is 12.7. The highest BCUT2D eigenvalue weighted by Gasteiger charge is 2.35. The molecule has 6 heteroatoms. The normalized spacial score (nSPS) is 21.6. The van der Waals surface area contributed by atoms with Crippen LogP contribution in [0.3, 0.4) is 0 Å². The van der Waals surface area contributed by atoms with Gasteiger partial charge in [-0.05, 0) is 17.7 Å². The number of sulfone groups is 1. The Morgan fingerprint density at radius 1 is 1.47 bits per heavy atom. The zero-order valence-electron chi connectivity index (χ0n) is 10.7. The van der Waals surface area contributed by atoms with E-state index >= 15 is 0 Å². The number of nitrogens with zero attached hydrogens (tertiary/aromatic N) is 1. The first-order valence-corrected chi connectivity index (χ1v) is 8.65. The lowest BCUT2D eigenvalue weighted by Gasteiger charge is -2.22. The van der Waals surface area contributed by atoms with Gasteiger partial charge in [-0.15, -0.1) is 0 Å². The molecule has 4 nitrogen and oxygen atoms in total. The van der Waals surface area contributed by atoms with Gasteiger partial charge >= 0.3 is 0 Å². The van der Waals surface area contributed by atoms with Crippen molar-refractivity contribution in [3.8, 4) is 0 Å². The molecule has 1 unspecified atom stereocenters. The van der Waals surface area contributed by atoms with E-state index in [1.807, 2.05) is 18.0 Å². The molecule has 100 valence electrons. The third kappa shape index (κ3) is 1.90. The average molecular weight is 294 g/mol. The highest BCUT2D eigenvalue weighted by atomic mass is 32.2. The number of hydrogen-bond acceptors (Lipinski definition) is 5. The van der Waals surface area contributed by atoms with Gasteiger partial charge in [0.2, 0.25) is 0 Å². The van der Waals surface area contributed by atoms with Crippen LogP contribution in [0.4, 0.5) is 0 Å². The summed E-state index contributed by atoms with van der Waals surface area (Å²) in [4.78, 5) is 3.64. The van der Waals surface area contributed by atoms with Crippen molar-refractivity contribution in [2.75, 3.05) is 13.3 Å². The standard InChI is InChI=1S/C13H14N2O2S2/c1-15-12(7-14)18-11-5-8-3-4-9(19(2,16)17)6-10(8)13(11)15/h3-4,6-7,12,14H,5H2,1-2H3. The minimum absolute atomic E-state index is 0.0278. The van der Waals surface area contributed by atoms with Crippen molar-refractivity contribution >= 4 is 33.5 Å². The van der Waals surface area contributed by atoms with Crippen LogP contribution in [0.25, 0.3) is 5.70 Å². The van der Waals surface area contributed by atoms with Crippen LogP contribution in [0.2, 0.25) is 0 Å². The van der Waals surface area contributed by atoms with Gasteiger partial charge in [-0.3, -0.25) is 0 Å². The van der Waals surface area contributed by atoms with E-state index in [9.17, 15) is 8.42 Å². The van der Waals surface area contributed by atoms with Crippen LogP contribution in [-0.2, 0) is 16.3 Å². The number of nitrogens with one attached hydrogen (secondary N) is 1. The monoisotopic (exact) mass is 294 g/mol. The molecule has 0 spiro atoms. The predicted molar refractivity (Wildman–Crippen MR) is 78.1 cm³/mol. The second kappa shape index (κ2) is 4.11. The molecule has 0 bridgehead atoms. The number of allylic oxidation sites excluding steroid dienone is 1. The molecule has 0 fully saturated rings. The summed E-state index contributed by atoms with van der Waals surface area (Å²) in [5.74, 6) is 0. The van der Waals surface area contributed by atoms with E-state index in [4.69, 9.17) is 5.41 Å². The number of fused-ring (bicyclic) bond motifs is 2. The van der Waals surface area contributed by atoms with Crippen molar-refractivity contribution < 1.29 is 8.42 Å². The molecule has 0 aromatic heterocycles. The molecule has 1 aromatic carbocycles. The smallest absolute Gasteiger partial charge is 0.175 e. The van der Waals surface area contributed by atoms with Crippen molar-refractivity contribution in [2.45, 2.75) is 16.7 Å². The molecular weight excluding hydrogens is 280 g/mol. The zero-order valence-corrected chi connectivity index (χ0v) is 12.3. The SMILES string of the molecule is CN1C2=C(Cc3ccc(S(C)(=O)=O)cc32)SC1C=N. The molecule has 1 atom stereocenters. The molecule has 1 aliphatic carbocycles. The highest BCUT2D eigenvalue weighted by Crippen LogP contribution is 2.48. The van der Waals surface area contributed by atoms with Crippen LogP contribution >= 0.6 is 11.8 Å². The van der Waals surface area contributed by atoms with E-state index < -0.39 is 9.84 Å². The Morgan fingerprint density at radius 3 is 2.84 bits per heavy atom. The third-order valence-corrected chi connectivity index (χ3v) is 5.95. The lowest BCUT2D eigenvalue weighted by atomic mass is 10.1. The van der Waals surface area contributed by atoms with Crippen molar-refractivity contribution in [2.24, 2.45) is 0 Å². The molecule has 1 aliphatic heterocycles. The van der Waals surface area contributed by atoms with E-state index in [2.05, 4.69) is 0 Å². The summed E-state index contributed by atoms with van der Waals surface area (Å²) in [5.41, 5.74) is 3.25. The second-order valence-corrected chi connectivity index (χ2v) is 8.05. The van der Waals surface area contributed by atoms with Crippen molar-refractivity contribution in [1.82, 2.24) is 4.90 Å². The largest absolute Gasteiger partial charge is 0.356 e. The molecule has 1 N–H and O–H groups in total. The lowest BCUT2D eigenvalue weighted by Crippen LogP contribution is -2.24. The van der Waals surface area contributed by atoms with E-state index in [0.717, 1.165) is 17.7 Å². The van der Waals surface area contributed by atoms with Gasteiger partial charge in [0.15, 0.2) is 9.84 Å². The molecule has 1 aromatic rings. The van der Waals surface area contributed by atoms with Gasteiger partial charge in [0, 0.05) is 36.4 Å². The average Bonchev–Trinajstić information content (AvgIpc) is 2.84. The maximum absolute atomic E-state index is 11.7. The Hall–Kier alpha value is -1.27. The van der Waals surface area contributed by atoms with Crippen LogP contribution in [-0.4, -0.2) is 38.2 Å². The fourth-order valence-electron chi connectivity index (χ4n) is 2.55. The molecule has 3 rings (SSSR count). The molecule has 19 heavy (non-hydrogen) atoms. The van der Waals surface area contributed by atoms with Gasteiger partial charge in [0.25, 0.3) is 0 Å². The number of rotatable bonds is 2. The van der Waals surface area contributed by atoms with Crippen molar-refractivity contribution in [3.63, 3.8) is 0 Å². The predicted octanol–water partition coefficient (Wildman–Crippen LogP) is 1.97. The first-order valence-electron chi connectivity index (χ1n) is 5.88. The fourth-order valence-corrected chi connectivity index (χ4v) is 4.42. The molecule has 0 saturated heterocycles. The molecule has 0 amide bonds. The number of benzene rings is 1. The number of hydrogen-bond donors (Lipinski definition) is 1. The quantitative estimate of drug-likeness (QED) is 0.847. The van der Waals surface area contributed by atoms with Crippen LogP contribution in [0.5, 0.6) is 0 Å². The maximum atomic E-state index is 11.7. The van der Waals surface area contributed by atoms with Crippen LogP contribution in [0, 0.1) is 5.41 Å². The first-order chi connectivity index (χ1) is 8.91. The molecule has 1 heterocycles. The summed E-state index contributed by atoms with van der Waals surface area (Å²) in [6, 6.07) is 5.34. The van der Waals surface area contributed by atoms with E-state index in [-0.39, 0.29) is 5.37 Å². The molecule has 0 radical (unpaired) electrons. The molecule has 0 saturated carbocycles. The van der Waals surface area contributed by atoms with Gasteiger partial charge in [0.1, 0.15) is 5.37 Å². The van der Waals surface area contributed by atoms with Crippen LogP contribution in [0.1, 0.15) is 11.1 Å². The Balaban J connectivity index is 2.11. The van der Waals surface area contributed by atoms with Gasteiger partial charge in [-0.25, -0.2) is 8.42 Å². The van der Waals surface area contributed by atoms with Gasteiger partial charge in [0.05, 0.1) is 10.6 Å². The van der Waals surface area contributed by atoms with Gasteiger partial charge < -0.3 is 10.3 Å². The summed E-state index contributed by atoms with van der Waals surface area (Å²) in [5, 5.41) is 7.45. The van der Waals surface area contributed by atoms with Crippen LogP contribution in [0.15, 0.2) is 28.0 Å². The zero-order chi connectivity index (χ0) is 13.8. The van der Waals surface area contributed by atoms with E-state index in [0.29, 0.717) is 4.90 Å². The summed E-state index contributed by atoms with van der Waals surface area (Å²) in [7, 11) is -1.23. The molecular formula is C13H14N2O2S2. The Bertz CT molecular complexity index is 707. The lowest BCUT2D eigenvalue weighted by molar-refractivity contribution is 0.533. The van der Waals surface area contributed by atoms with Crippen molar-refractivity contribution in [3.05, 3.63) is 34.2 Å². The number of thioether (sulfide) groups is 1. The summed E-state index contributed by atoms with van der Waals surface area (Å²) in [6.45, 7) is 0. The Kier molecular flexibility index (Phi) is 2.76. The summed E-state index contributed by atoms with van der Waals surface area (Å²) in [6.07, 6.45) is 3.49. The van der Waals surface area contributed by atoms with E-state index in [1.165, 1.54) is 22.9 Å². The Labute approximate surface area is 116 Å². The van der Waals surface area contributed by atoms with Gasteiger partial charge in [-0.1, -0.05) is 17.8 Å². The highest BCUT2D eigenvalue weighted by molar-refractivity contribution is 8.04. The Morgan fingerprint density at radius 2 is 2.21 bits per heavy atom. The minimum atomic E-state index is -3.18.